The Morgan fingerprint density at radius 3 is 2.53 bits per heavy atom. The number of benzene rings is 2. The van der Waals surface area contributed by atoms with Crippen LogP contribution in [0.15, 0.2) is 42.5 Å². The van der Waals surface area contributed by atoms with Gasteiger partial charge in [0, 0.05) is 12.2 Å². The third-order valence-corrected chi connectivity index (χ3v) is 3.46. The maximum atomic E-state index is 6.03. The van der Waals surface area contributed by atoms with Crippen LogP contribution in [0.1, 0.15) is 5.56 Å². The summed E-state index contributed by atoms with van der Waals surface area (Å²) in [7, 11) is 0. The molecular formula is C15H15Cl2NO. The topological polar surface area (TPSA) is 21.3 Å². The maximum Gasteiger partial charge on any atom is 0.139 e. The molecule has 0 saturated carbocycles. The van der Waals surface area contributed by atoms with Gasteiger partial charge in [-0.2, -0.15) is 0 Å². The highest BCUT2D eigenvalue weighted by molar-refractivity contribution is 6.42. The van der Waals surface area contributed by atoms with Gasteiger partial charge in [0.15, 0.2) is 0 Å². The summed E-state index contributed by atoms with van der Waals surface area (Å²) in [4.78, 5) is 0. The number of hydrogen-bond donors (Lipinski definition) is 1. The molecule has 0 aliphatic rings. The molecule has 100 valence electrons. The molecule has 0 aromatic heterocycles. The standard InChI is InChI=1S/C15H15Cl2NO/c1-11-5-7-12(8-6-11)18-9-10-19-14-4-2-3-13(16)15(14)17/h2-8,18H,9-10H2,1H3. The van der Waals surface area contributed by atoms with Gasteiger partial charge >= 0.3 is 0 Å². The predicted molar refractivity (Wildman–Crippen MR) is 81.6 cm³/mol. The summed E-state index contributed by atoms with van der Waals surface area (Å²) in [5, 5.41) is 4.24. The molecule has 1 N–H and O–H groups in total. The highest BCUT2D eigenvalue weighted by atomic mass is 35.5. The average Bonchev–Trinajstić information content (AvgIpc) is 2.41. The molecule has 0 spiro atoms. The van der Waals surface area contributed by atoms with Gasteiger partial charge < -0.3 is 10.1 Å². The van der Waals surface area contributed by atoms with Gasteiger partial charge in [0.2, 0.25) is 0 Å². The van der Waals surface area contributed by atoms with Crippen LogP contribution in [0.25, 0.3) is 0 Å². The number of ether oxygens (including phenoxy) is 1. The second-order valence-electron chi connectivity index (χ2n) is 4.19. The van der Waals surface area contributed by atoms with Gasteiger partial charge in [-0.25, -0.2) is 0 Å². The van der Waals surface area contributed by atoms with Crippen LogP contribution in [0.3, 0.4) is 0 Å². The van der Waals surface area contributed by atoms with Crippen molar-refractivity contribution in [2.24, 2.45) is 0 Å². The lowest BCUT2D eigenvalue weighted by Gasteiger charge is -2.10. The number of halogens is 2. The molecule has 0 heterocycles. The van der Waals surface area contributed by atoms with Crippen molar-refractivity contribution in [2.45, 2.75) is 6.92 Å². The molecule has 2 nitrogen and oxygen atoms in total. The molecule has 0 amide bonds. The second-order valence-corrected chi connectivity index (χ2v) is 4.98. The zero-order chi connectivity index (χ0) is 13.7. The summed E-state index contributed by atoms with van der Waals surface area (Å²) in [6.45, 7) is 3.29. The fourth-order valence-electron chi connectivity index (χ4n) is 1.62. The van der Waals surface area contributed by atoms with Crippen molar-refractivity contribution in [1.82, 2.24) is 0 Å². The largest absolute Gasteiger partial charge is 0.490 e. The summed E-state index contributed by atoms with van der Waals surface area (Å²) in [6, 6.07) is 13.6. The Labute approximate surface area is 123 Å². The van der Waals surface area contributed by atoms with E-state index in [0.29, 0.717) is 28.9 Å². The maximum absolute atomic E-state index is 6.03. The number of aryl methyl sites for hydroxylation is 1. The predicted octanol–water partition coefficient (Wildman–Crippen LogP) is 4.79. The number of anilines is 1. The fourth-order valence-corrected chi connectivity index (χ4v) is 1.97. The first-order valence-electron chi connectivity index (χ1n) is 6.04. The van der Waals surface area contributed by atoms with Gasteiger partial charge in [-0.3, -0.25) is 0 Å². The first-order valence-corrected chi connectivity index (χ1v) is 6.80. The molecule has 2 rings (SSSR count). The zero-order valence-corrected chi connectivity index (χ0v) is 12.1. The lowest BCUT2D eigenvalue weighted by atomic mass is 10.2. The molecule has 19 heavy (non-hydrogen) atoms. The third-order valence-electron chi connectivity index (χ3n) is 2.66. The minimum Gasteiger partial charge on any atom is -0.490 e. The van der Waals surface area contributed by atoms with E-state index in [4.69, 9.17) is 27.9 Å². The molecule has 2 aromatic rings. The normalized spacial score (nSPS) is 10.3. The van der Waals surface area contributed by atoms with Crippen molar-refractivity contribution < 1.29 is 4.74 Å². The average molecular weight is 296 g/mol. The molecule has 0 radical (unpaired) electrons. The van der Waals surface area contributed by atoms with Crippen molar-refractivity contribution in [3.63, 3.8) is 0 Å². The van der Waals surface area contributed by atoms with E-state index in [2.05, 4.69) is 24.4 Å². The molecule has 0 unspecified atom stereocenters. The number of rotatable bonds is 5. The van der Waals surface area contributed by atoms with Crippen LogP contribution >= 0.6 is 23.2 Å². The van der Waals surface area contributed by atoms with Crippen LogP contribution in [0, 0.1) is 6.92 Å². The Kier molecular flexibility index (Phi) is 4.94. The van der Waals surface area contributed by atoms with Crippen LogP contribution in [-0.4, -0.2) is 13.2 Å². The fraction of sp³-hybridized carbons (Fsp3) is 0.200. The quantitative estimate of drug-likeness (QED) is 0.801. The lowest BCUT2D eigenvalue weighted by Crippen LogP contribution is -2.11. The van der Waals surface area contributed by atoms with E-state index < -0.39 is 0 Å². The van der Waals surface area contributed by atoms with E-state index in [1.165, 1.54) is 5.56 Å². The minimum absolute atomic E-state index is 0.458. The molecule has 0 aliphatic carbocycles. The third kappa shape index (κ3) is 4.05. The number of hydrogen-bond acceptors (Lipinski definition) is 2. The van der Waals surface area contributed by atoms with Crippen molar-refractivity contribution in [3.05, 3.63) is 58.1 Å². The van der Waals surface area contributed by atoms with Gasteiger partial charge in [-0.05, 0) is 31.2 Å². The van der Waals surface area contributed by atoms with E-state index in [9.17, 15) is 0 Å². The van der Waals surface area contributed by atoms with Crippen molar-refractivity contribution >= 4 is 28.9 Å². The Morgan fingerprint density at radius 2 is 1.79 bits per heavy atom. The van der Waals surface area contributed by atoms with E-state index in [0.717, 1.165) is 5.69 Å². The molecule has 0 bridgehead atoms. The van der Waals surface area contributed by atoms with Gasteiger partial charge in [0.1, 0.15) is 17.4 Å². The zero-order valence-electron chi connectivity index (χ0n) is 10.6. The smallest absolute Gasteiger partial charge is 0.139 e. The Bertz CT molecular complexity index is 540. The van der Waals surface area contributed by atoms with Crippen molar-refractivity contribution in [3.8, 4) is 5.75 Å². The lowest BCUT2D eigenvalue weighted by molar-refractivity contribution is 0.333. The van der Waals surface area contributed by atoms with E-state index in [1.807, 2.05) is 18.2 Å². The summed E-state index contributed by atoms with van der Waals surface area (Å²) in [6.07, 6.45) is 0. The highest BCUT2D eigenvalue weighted by Crippen LogP contribution is 2.31. The van der Waals surface area contributed by atoms with Gasteiger partial charge in [-0.15, -0.1) is 0 Å². The first-order chi connectivity index (χ1) is 9.16. The van der Waals surface area contributed by atoms with Crippen LogP contribution in [-0.2, 0) is 0 Å². The monoisotopic (exact) mass is 295 g/mol. The Hall–Kier alpha value is -1.38. The van der Waals surface area contributed by atoms with Crippen molar-refractivity contribution in [2.75, 3.05) is 18.5 Å². The summed E-state index contributed by atoms with van der Waals surface area (Å²) in [5.74, 6) is 0.611. The molecule has 0 fully saturated rings. The Morgan fingerprint density at radius 1 is 1.05 bits per heavy atom. The minimum atomic E-state index is 0.458. The molecule has 0 atom stereocenters. The van der Waals surface area contributed by atoms with E-state index >= 15 is 0 Å². The molecular weight excluding hydrogens is 281 g/mol. The van der Waals surface area contributed by atoms with E-state index in [-0.39, 0.29) is 0 Å². The summed E-state index contributed by atoms with van der Waals surface area (Å²) >= 11 is 11.9. The summed E-state index contributed by atoms with van der Waals surface area (Å²) in [5.41, 5.74) is 2.32. The molecule has 2 aromatic carbocycles. The van der Waals surface area contributed by atoms with Gasteiger partial charge in [-0.1, -0.05) is 47.0 Å². The van der Waals surface area contributed by atoms with E-state index in [1.54, 1.807) is 12.1 Å². The summed E-state index contributed by atoms with van der Waals surface area (Å²) < 4.78 is 5.58. The van der Waals surface area contributed by atoms with Crippen LogP contribution < -0.4 is 10.1 Å². The van der Waals surface area contributed by atoms with Crippen LogP contribution in [0.5, 0.6) is 5.75 Å². The van der Waals surface area contributed by atoms with Crippen LogP contribution in [0.4, 0.5) is 5.69 Å². The highest BCUT2D eigenvalue weighted by Gasteiger charge is 2.04. The Balaban J connectivity index is 1.81. The van der Waals surface area contributed by atoms with Gasteiger partial charge in [0.25, 0.3) is 0 Å². The molecule has 0 aliphatic heterocycles. The second kappa shape index (κ2) is 6.69. The van der Waals surface area contributed by atoms with Crippen molar-refractivity contribution in [1.29, 1.82) is 0 Å². The van der Waals surface area contributed by atoms with Crippen LogP contribution in [0.2, 0.25) is 10.0 Å². The first kappa shape index (κ1) is 14.0. The van der Waals surface area contributed by atoms with Gasteiger partial charge in [0.05, 0.1) is 5.02 Å². The molecule has 0 saturated heterocycles. The SMILES string of the molecule is Cc1ccc(NCCOc2cccc(Cl)c2Cl)cc1. The molecule has 4 heteroatoms. The number of nitrogens with one attached hydrogen (secondary N) is 1.